The van der Waals surface area contributed by atoms with Crippen molar-refractivity contribution in [2.24, 2.45) is 5.73 Å². The van der Waals surface area contributed by atoms with Crippen LogP contribution in [0.25, 0.3) is 10.9 Å². The van der Waals surface area contributed by atoms with Gasteiger partial charge < -0.3 is 83.6 Å². The fourth-order valence-corrected chi connectivity index (χ4v) is 12.5. The third kappa shape index (κ3) is 26.2. The molecule has 13 amide bonds. The fraction of sp³-hybridized carbons (Fsp3) is 0.478. The number of para-hydroxylation sites is 1. The van der Waals surface area contributed by atoms with Crippen LogP contribution in [0, 0.1) is 0 Å². The van der Waals surface area contributed by atoms with Crippen molar-refractivity contribution in [3.8, 4) is 5.75 Å². The Bertz CT molecular complexity index is 3540. The maximum Gasteiger partial charge on any atom is 0.408 e. The van der Waals surface area contributed by atoms with Crippen LogP contribution in [0.5, 0.6) is 5.75 Å². The lowest BCUT2D eigenvalue weighted by atomic mass is 10.0. The normalized spacial score (nSPS) is 20.1. The molecule has 0 radical (unpaired) electrons. The summed E-state index contributed by atoms with van der Waals surface area (Å²) in [5.74, 6) is -10.5. The van der Waals surface area contributed by atoms with E-state index in [1.165, 1.54) is 31.2 Å². The average molecular weight is 1410 g/mol. The van der Waals surface area contributed by atoms with E-state index in [4.69, 9.17) is 15.2 Å². The van der Waals surface area contributed by atoms with E-state index in [2.05, 4.69) is 58.2 Å². The molecule has 4 aromatic rings. The van der Waals surface area contributed by atoms with E-state index in [1.807, 2.05) is 0 Å². The first-order valence-electron chi connectivity index (χ1n) is 32.3. The van der Waals surface area contributed by atoms with Gasteiger partial charge in [0.05, 0.1) is 6.10 Å². The summed E-state index contributed by atoms with van der Waals surface area (Å²) < 4.78 is 10.9. The van der Waals surface area contributed by atoms with Gasteiger partial charge in [-0.05, 0) is 115 Å². The summed E-state index contributed by atoms with van der Waals surface area (Å²) >= 11 is 0. The minimum Gasteiger partial charge on any atom is -0.508 e. The number of benzene rings is 3. The van der Waals surface area contributed by atoms with Crippen molar-refractivity contribution in [2.45, 2.75) is 172 Å². The van der Waals surface area contributed by atoms with Crippen molar-refractivity contribution < 1.29 is 82.0 Å². The van der Waals surface area contributed by atoms with Gasteiger partial charge in [0.15, 0.2) is 0 Å². The third-order valence-corrected chi connectivity index (χ3v) is 17.7. The Morgan fingerprint density at radius 3 is 1.90 bits per heavy atom. The number of hydrogen-bond donors (Lipinski definition) is 14. The number of imide groups is 1. The lowest BCUT2D eigenvalue weighted by molar-refractivity contribution is -0.137. The third-order valence-electron chi connectivity index (χ3n) is 15.2. The van der Waals surface area contributed by atoms with Gasteiger partial charge >= 0.3 is 12.2 Å². The van der Waals surface area contributed by atoms with Crippen LogP contribution in [0.3, 0.4) is 0 Å². The van der Waals surface area contributed by atoms with Crippen LogP contribution < -0.4 is 58.9 Å². The molecule has 0 spiro atoms. The van der Waals surface area contributed by atoms with Crippen molar-refractivity contribution in [3.63, 3.8) is 0 Å². The van der Waals surface area contributed by atoms with Crippen molar-refractivity contribution >= 4 is 110 Å². The molecule has 0 bridgehead atoms. The first kappa shape index (κ1) is 78.3. The van der Waals surface area contributed by atoms with Gasteiger partial charge in [-0.1, -0.05) is 82.3 Å². The number of aliphatic hydroxyl groups is 1. The summed E-state index contributed by atoms with van der Waals surface area (Å²) in [5, 5.41) is 48.5. The zero-order valence-electron chi connectivity index (χ0n) is 56.2. The number of H-pyrrole nitrogens is 1. The van der Waals surface area contributed by atoms with E-state index < -0.39 is 149 Å². The molecule has 0 unspecified atom stereocenters. The summed E-state index contributed by atoms with van der Waals surface area (Å²) in [6, 6.07) is 8.65. The van der Waals surface area contributed by atoms with Crippen LogP contribution in [0.2, 0.25) is 0 Å². The van der Waals surface area contributed by atoms with Crippen molar-refractivity contribution in [3.05, 3.63) is 114 Å². The van der Waals surface area contributed by atoms with Crippen LogP contribution in [-0.2, 0) is 81.5 Å². The minimum atomic E-state index is -1.87. The van der Waals surface area contributed by atoms with Gasteiger partial charge in [-0.25, -0.2) is 9.59 Å². The number of alkyl carbamates (subject to hydrolysis) is 2. The molecule has 9 atom stereocenters. The number of hydrogen-bond acceptors (Lipinski definition) is 19. The molecule has 15 N–H and O–H groups in total. The van der Waals surface area contributed by atoms with Gasteiger partial charge in [-0.15, -0.1) is 0 Å². The van der Waals surface area contributed by atoms with Crippen LogP contribution in [0.15, 0.2) is 97.2 Å². The number of phenolic OH excluding ortho intramolecular Hbond substituents is 1. The number of phenols is 1. The number of aromatic nitrogens is 1. The number of fused-ring (bicyclic) bond motifs is 1. The summed E-state index contributed by atoms with van der Waals surface area (Å²) in [7, 11) is 1.75. The molecule has 3 heterocycles. The molecule has 0 saturated carbocycles. The van der Waals surface area contributed by atoms with Crippen LogP contribution in [-0.4, -0.2) is 194 Å². The number of primary amides is 1. The van der Waals surface area contributed by atoms with Gasteiger partial charge in [0.2, 0.25) is 53.2 Å². The summed E-state index contributed by atoms with van der Waals surface area (Å²) in [4.78, 5) is 184. The number of nitrogens with two attached hydrogens (primary N) is 1. The first-order chi connectivity index (χ1) is 46.8. The quantitative estimate of drug-likeness (QED) is 0.0253. The topological polar surface area (TPSA) is 446 Å². The predicted octanol–water partition coefficient (Wildman–Crippen LogP) is 1.36. The number of aliphatic hydroxyl groups excluding tert-OH is 1. The summed E-state index contributed by atoms with van der Waals surface area (Å²) in [6.07, 6.45) is -0.501. The Kier molecular flexibility index (Phi) is 29.5. The standard InChI is InChI=1S/C67H89N13O17S2/c1-38(81)55-63(93)77-51(61(91)72-45(56(68)86)25-26-52(83)69-30-15-31-80-53(84)27-28-54(80)85)37-99-98-36-50(76-59(89)48(32-39-16-9-8-10-17-39)78-65(95)97-67(5,6)7)62(92)74-47(33-40-21-23-42(82)24-22-40)58(88)75-49(34-41-35-71-44-19-12-11-18-43(41)44)60(90)73-46(57(87)79-55)20-13-14-29-70-64(94)96-66(2,3)4/h8-12,16-19,21-24,27-28,35,38,45-51,55,71,81-82H,13-15,20,25-26,29-34,36-37H2,1-7H3,(H2,68,86)(H,69,83)(H,70,94)(H,72,91)(H,73,90)(H,74,92)(H,75,88)(H,76,89)(H,77,93)(H,78,95)(H,79,87)/t38-,45+,46+,47+,48-,49-,50+,51+,55+/m1/s1. The molecule has 2 aliphatic rings. The molecule has 2 aliphatic heterocycles. The Labute approximate surface area is 580 Å². The maximum atomic E-state index is 15.2. The number of rotatable bonds is 25. The average Bonchev–Trinajstić information content (AvgIpc) is 1.74. The Morgan fingerprint density at radius 2 is 1.24 bits per heavy atom. The molecule has 1 aromatic heterocycles. The molecular weight excluding hydrogens is 1320 g/mol. The number of nitrogens with one attached hydrogen (secondary N) is 11. The molecule has 1 fully saturated rings. The van der Waals surface area contributed by atoms with E-state index in [9.17, 15) is 58.2 Å². The van der Waals surface area contributed by atoms with Crippen LogP contribution in [0.1, 0.15) is 104 Å². The van der Waals surface area contributed by atoms with Crippen molar-refractivity contribution in [1.29, 1.82) is 0 Å². The molecule has 3 aromatic carbocycles. The SMILES string of the molecule is C[C@@H](O)[C@@H]1NC(=O)[C@H](CCCCNC(=O)OC(C)(C)C)NC(=O)[C@@H](Cc2c[nH]c3ccccc23)NC(=O)[C@H](Cc2ccc(O)cc2)NC(=O)[C@@H](NC(=O)[C@@H](Cc2ccccc2)NC(=O)OC(C)(C)C)CSSC[C@@H](C(=O)N[C@@H](CCC(=O)NCCCN2C(=O)C=CC2=O)C(N)=O)NC1=O. The smallest absolute Gasteiger partial charge is 0.408 e. The van der Waals surface area contributed by atoms with E-state index in [0.29, 0.717) is 27.6 Å². The van der Waals surface area contributed by atoms with Gasteiger partial charge in [0.25, 0.3) is 11.8 Å². The van der Waals surface area contributed by atoms with Crippen molar-refractivity contribution in [1.82, 2.24) is 63.1 Å². The fourth-order valence-electron chi connectivity index (χ4n) is 10.2. The van der Waals surface area contributed by atoms with Gasteiger partial charge in [0, 0.05) is 86.1 Å². The number of carbonyl (C=O) groups excluding carboxylic acids is 13. The van der Waals surface area contributed by atoms with Gasteiger partial charge in [0.1, 0.15) is 65.3 Å². The number of aromatic amines is 1. The number of unbranched alkanes of at least 4 members (excludes halogenated alkanes) is 1. The Morgan fingerprint density at radius 1 is 0.646 bits per heavy atom. The molecule has 1 saturated heterocycles. The highest BCUT2D eigenvalue weighted by molar-refractivity contribution is 8.76. The number of amides is 13. The van der Waals surface area contributed by atoms with E-state index in [1.54, 1.807) is 102 Å². The second-order valence-electron chi connectivity index (χ2n) is 25.7. The zero-order valence-corrected chi connectivity index (χ0v) is 57.8. The van der Waals surface area contributed by atoms with E-state index in [0.717, 1.165) is 38.6 Å². The minimum absolute atomic E-state index is 0.0154. The molecule has 536 valence electrons. The molecular formula is C67H89N13O17S2. The summed E-state index contributed by atoms with van der Waals surface area (Å²) in [6.45, 7) is 11.2. The second kappa shape index (κ2) is 37.3. The highest BCUT2D eigenvalue weighted by Gasteiger charge is 2.38. The monoisotopic (exact) mass is 1410 g/mol. The lowest BCUT2D eigenvalue weighted by Gasteiger charge is -2.29. The molecule has 30 nitrogen and oxygen atoms in total. The number of aromatic hydroxyl groups is 1. The highest BCUT2D eigenvalue weighted by atomic mass is 33.1. The van der Waals surface area contributed by atoms with E-state index in [-0.39, 0.29) is 88.9 Å². The Balaban J connectivity index is 1.39. The molecule has 32 heteroatoms. The second-order valence-corrected chi connectivity index (χ2v) is 28.3. The lowest BCUT2D eigenvalue weighted by Crippen LogP contribution is -2.62. The largest absolute Gasteiger partial charge is 0.508 e. The number of ether oxygens (including phenoxy) is 2. The zero-order chi connectivity index (χ0) is 72.6. The summed E-state index contributed by atoms with van der Waals surface area (Å²) in [5.41, 5.74) is 6.16. The maximum absolute atomic E-state index is 15.2. The van der Waals surface area contributed by atoms with E-state index >= 15 is 14.4 Å². The van der Waals surface area contributed by atoms with Gasteiger partial charge in [-0.3, -0.25) is 57.6 Å². The Hall–Kier alpha value is -9.69. The first-order valence-corrected chi connectivity index (χ1v) is 34.8. The predicted molar refractivity (Wildman–Crippen MR) is 367 cm³/mol. The number of carbonyl (C=O) groups is 13. The number of nitrogens with zero attached hydrogens (tertiary/aromatic N) is 1. The van der Waals surface area contributed by atoms with Crippen LogP contribution >= 0.6 is 21.6 Å². The molecule has 0 aliphatic carbocycles. The van der Waals surface area contributed by atoms with Gasteiger partial charge in [-0.2, -0.15) is 0 Å². The highest BCUT2D eigenvalue weighted by Crippen LogP contribution is 2.25. The van der Waals surface area contributed by atoms with Crippen molar-refractivity contribution in [2.75, 3.05) is 31.1 Å². The molecule has 6 rings (SSSR count). The van der Waals surface area contributed by atoms with Crippen LogP contribution in [0.4, 0.5) is 9.59 Å². The molecule has 99 heavy (non-hydrogen) atoms.